The van der Waals surface area contributed by atoms with Crippen molar-refractivity contribution < 1.29 is 0 Å². The number of rotatable bonds is 0. The highest BCUT2D eigenvalue weighted by atomic mass is 16.2. The van der Waals surface area contributed by atoms with Crippen LogP contribution in [0, 0.1) is 0 Å². The number of fused-ring (bicyclic) bond motifs is 1. The van der Waals surface area contributed by atoms with Gasteiger partial charge in [0.15, 0.2) is 5.52 Å². The second kappa shape index (κ2) is 2.07. The maximum atomic E-state index is 11.1. The summed E-state index contributed by atoms with van der Waals surface area (Å²) >= 11 is 0. The van der Waals surface area contributed by atoms with Crippen molar-refractivity contribution in [3.8, 4) is 0 Å². The summed E-state index contributed by atoms with van der Waals surface area (Å²) in [5, 5.41) is 3.86. The molecule has 0 aliphatic carbocycles. The lowest BCUT2D eigenvalue weighted by Crippen LogP contribution is -2.21. The molecule has 2 rings (SSSR count). The molecule has 62 valence electrons. The number of nitrogens with zero attached hydrogens (tertiary/aromatic N) is 2. The molecule has 0 bridgehead atoms. The first-order chi connectivity index (χ1) is 5.66. The van der Waals surface area contributed by atoms with E-state index in [2.05, 4.69) is 15.1 Å². The van der Waals surface area contributed by atoms with Crippen LogP contribution in [-0.2, 0) is 7.05 Å². The zero-order valence-corrected chi connectivity index (χ0v) is 6.29. The molecule has 2 heterocycles. The molecule has 0 aliphatic rings. The van der Waals surface area contributed by atoms with Gasteiger partial charge in [0.1, 0.15) is 0 Å². The fourth-order valence-electron chi connectivity index (χ4n) is 1.06. The molecule has 0 saturated carbocycles. The maximum absolute atomic E-state index is 11.1. The average molecular weight is 166 g/mol. The molecule has 0 amide bonds. The minimum absolute atomic E-state index is 0.247. The highest BCUT2D eigenvalue weighted by Gasteiger charge is 2.02. The first kappa shape index (κ1) is 6.84. The number of aromatic nitrogens is 4. The summed E-state index contributed by atoms with van der Waals surface area (Å²) in [5.41, 5.74) is -0.279. The number of nitrogens with one attached hydrogen (secondary N) is 2. The Morgan fingerprint density at radius 3 is 2.92 bits per heavy atom. The second-order valence-corrected chi connectivity index (χ2v) is 2.47. The van der Waals surface area contributed by atoms with Crippen LogP contribution < -0.4 is 11.2 Å². The second-order valence-electron chi connectivity index (χ2n) is 2.47. The van der Waals surface area contributed by atoms with Gasteiger partial charge < -0.3 is 4.98 Å². The third-order valence-corrected chi connectivity index (χ3v) is 1.52. The van der Waals surface area contributed by atoms with Crippen LogP contribution in [0.3, 0.4) is 0 Å². The smallest absolute Gasteiger partial charge is 0.304 e. The van der Waals surface area contributed by atoms with Crippen molar-refractivity contribution in [2.75, 3.05) is 0 Å². The minimum atomic E-state index is -0.513. The van der Waals surface area contributed by atoms with Gasteiger partial charge in [-0.05, 0) is 0 Å². The van der Waals surface area contributed by atoms with Crippen LogP contribution in [0.25, 0.3) is 11.0 Å². The van der Waals surface area contributed by atoms with Crippen molar-refractivity contribution in [2.24, 2.45) is 7.05 Å². The van der Waals surface area contributed by atoms with Crippen LogP contribution in [-0.4, -0.2) is 19.7 Å². The molecule has 0 unspecified atom stereocenters. The fourth-order valence-corrected chi connectivity index (χ4v) is 1.06. The van der Waals surface area contributed by atoms with Crippen LogP contribution in [0.4, 0.5) is 0 Å². The van der Waals surface area contributed by atoms with E-state index in [0.717, 1.165) is 0 Å². The number of aryl methyl sites for hydroxylation is 1. The molecule has 0 saturated heterocycles. The lowest BCUT2D eigenvalue weighted by molar-refractivity contribution is 0.778. The summed E-state index contributed by atoms with van der Waals surface area (Å²) in [6.45, 7) is 0. The molecule has 12 heavy (non-hydrogen) atoms. The average Bonchev–Trinajstić information content (AvgIpc) is 2.29. The predicted molar refractivity (Wildman–Crippen MR) is 42.0 cm³/mol. The fraction of sp³-hybridized carbons (Fsp3) is 0.167. The van der Waals surface area contributed by atoms with Crippen LogP contribution >= 0.6 is 0 Å². The molecule has 0 spiro atoms. The summed E-state index contributed by atoms with van der Waals surface area (Å²) in [7, 11) is 1.68. The zero-order valence-electron chi connectivity index (χ0n) is 6.29. The van der Waals surface area contributed by atoms with Gasteiger partial charge in [-0.25, -0.2) is 4.79 Å². The Morgan fingerprint density at radius 1 is 1.42 bits per heavy atom. The molecular formula is C6H6N4O2. The summed E-state index contributed by atoms with van der Waals surface area (Å²) < 4.78 is 1.47. The number of aromatic amines is 2. The van der Waals surface area contributed by atoms with Crippen LogP contribution in [0.2, 0.25) is 0 Å². The third kappa shape index (κ3) is 0.849. The summed E-state index contributed by atoms with van der Waals surface area (Å²) in [5.74, 6) is 0. The highest BCUT2D eigenvalue weighted by Crippen LogP contribution is 1.97. The Kier molecular flexibility index (Phi) is 1.18. The summed E-state index contributed by atoms with van der Waals surface area (Å²) in [6, 6.07) is 0. The van der Waals surface area contributed by atoms with E-state index in [1.807, 2.05) is 0 Å². The Bertz CT molecular complexity index is 532. The van der Waals surface area contributed by atoms with Gasteiger partial charge in [0.2, 0.25) is 0 Å². The van der Waals surface area contributed by atoms with Crippen molar-refractivity contribution in [2.45, 2.75) is 0 Å². The zero-order chi connectivity index (χ0) is 8.72. The van der Waals surface area contributed by atoms with E-state index in [9.17, 15) is 9.59 Å². The Hall–Kier alpha value is -1.85. The molecule has 2 N–H and O–H groups in total. The molecule has 0 aliphatic heterocycles. The van der Waals surface area contributed by atoms with Gasteiger partial charge >= 0.3 is 5.69 Å². The molecule has 0 fully saturated rings. The molecule has 0 radical (unpaired) electrons. The summed E-state index contributed by atoms with van der Waals surface area (Å²) in [4.78, 5) is 26.4. The lowest BCUT2D eigenvalue weighted by Gasteiger charge is -1.82. The van der Waals surface area contributed by atoms with E-state index >= 15 is 0 Å². The van der Waals surface area contributed by atoms with Crippen LogP contribution in [0.1, 0.15) is 0 Å². The van der Waals surface area contributed by atoms with Crippen LogP contribution in [0.5, 0.6) is 0 Å². The maximum Gasteiger partial charge on any atom is 0.326 e. The standard InChI is InChI=1S/C6H6N4O2/c1-10-2-3-4(9-10)5(11)8-6(12)7-3/h2H,1H3,(H2,7,8,11,12). The van der Waals surface area contributed by atoms with Gasteiger partial charge in [-0.15, -0.1) is 0 Å². The number of hydrogen-bond donors (Lipinski definition) is 2. The Labute approximate surface area is 65.8 Å². The van der Waals surface area contributed by atoms with E-state index in [0.29, 0.717) is 5.52 Å². The van der Waals surface area contributed by atoms with E-state index < -0.39 is 11.2 Å². The van der Waals surface area contributed by atoms with E-state index in [1.54, 1.807) is 13.2 Å². The molecular weight excluding hydrogens is 160 g/mol. The minimum Gasteiger partial charge on any atom is -0.304 e. The van der Waals surface area contributed by atoms with Crippen molar-refractivity contribution >= 4 is 11.0 Å². The van der Waals surface area contributed by atoms with E-state index in [1.165, 1.54) is 4.68 Å². The van der Waals surface area contributed by atoms with Gasteiger partial charge in [-0.2, -0.15) is 5.10 Å². The molecule has 2 aromatic heterocycles. The SMILES string of the molecule is Cn1cc2[nH]c(=O)[nH]c(=O)c2n1. The van der Waals surface area contributed by atoms with Gasteiger partial charge in [-0.3, -0.25) is 14.5 Å². The normalized spacial score (nSPS) is 10.8. The Morgan fingerprint density at radius 2 is 2.17 bits per heavy atom. The molecule has 0 atom stereocenters. The number of hydrogen-bond acceptors (Lipinski definition) is 3. The third-order valence-electron chi connectivity index (χ3n) is 1.52. The quantitative estimate of drug-likeness (QED) is 0.523. The van der Waals surface area contributed by atoms with Gasteiger partial charge in [-0.1, -0.05) is 0 Å². The molecule has 6 heteroatoms. The topological polar surface area (TPSA) is 83.5 Å². The largest absolute Gasteiger partial charge is 0.326 e. The van der Waals surface area contributed by atoms with Crippen LogP contribution in [0.15, 0.2) is 15.8 Å². The molecule has 2 aromatic rings. The van der Waals surface area contributed by atoms with Crippen molar-refractivity contribution in [1.82, 2.24) is 19.7 Å². The van der Waals surface area contributed by atoms with Crippen molar-refractivity contribution in [1.29, 1.82) is 0 Å². The van der Waals surface area contributed by atoms with Gasteiger partial charge in [0.05, 0.1) is 5.52 Å². The first-order valence-corrected chi connectivity index (χ1v) is 3.33. The van der Waals surface area contributed by atoms with Crippen molar-refractivity contribution in [3.05, 3.63) is 27.0 Å². The van der Waals surface area contributed by atoms with E-state index in [-0.39, 0.29) is 5.52 Å². The summed E-state index contributed by atoms with van der Waals surface area (Å²) in [6.07, 6.45) is 1.58. The predicted octanol–water partition coefficient (Wildman–Crippen LogP) is -1.05. The molecule has 0 aromatic carbocycles. The van der Waals surface area contributed by atoms with E-state index in [4.69, 9.17) is 0 Å². The monoisotopic (exact) mass is 166 g/mol. The van der Waals surface area contributed by atoms with Crippen molar-refractivity contribution in [3.63, 3.8) is 0 Å². The van der Waals surface area contributed by atoms with Gasteiger partial charge in [0.25, 0.3) is 5.56 Å². The highest BCUT2D eigenvalue weighted by molar-refractivity contribution is 5.71. The molecule has 6 nitrogen and oxygen atoms in total. The lowest BCUT2D eigenvalue weighted by atomic mass is 10.5. The van der Waals surface area contributed by atoms with Gasteiger partial charge in [0, 0.05) is 13.2 Å². The first-order valence-electron chi connectivity index (χ1n) is 3.33. The Balaban J connectivity index is 3.08. The number of H-pyrrole nitrogens is 2.